The third-order valence-corrected chi connectivity index (χ3v) is 4.20. The van der Waals surface area contributed by atoms with Crippen LogP contribution in [-0.4, -0.2) is 17.3 Å². The minimum atomic E-state index is -0.127. The van der Waals surface area contributed by atoms with Crippen molar-refractivity contribution in [1.29, 1.82) is 0 Å². The number of hydrogen-bond acceptors (Lipinski definition) is 1. The van der Waals surface area contributed by atoms with E-state index < -0.39 is 0 Å². The van der Waals surface area contributed by atoms with Crippen molar-refractivity contribution in [3.8, 4) is 0 Å². The summed E-state index contributed by atoms with van der Waals surface area (Å²) < 4.78 is 0. The van der Waals surface area contributed by atoms with Gasteiger partial charge < -0.3 is 5.32 Å². The topological polar surface area (TPSA) is 29.1 Å². The lowest BCUT2D eigenvalue weighted by Gasteiger charge is -2.28. The van der Waals surface area contributed by atoms with Crippen molar-refractivity contribution < 1.29 is 4.79 Å². The summed E-state index contributed by atoms with van der Waals surface area (Å²) in [4.78, 5) is 12.1. The van der Waals surface area contributed by atoms with Crippen LogP contribution in [0.15, 0.2) is 18.2 Å². The van der Waals surface area contributed by atoms with Gasteiger partial charge in [0.25, 0.3) is 5.91 Å². The predicted octanol–water partition coefficient (Wildman–Crippen LogP) is 3.93. The molecule has 98 valence electrons. The van der Waals surface area contributed by atoms with Crippen molar-refractivity contribution in [3.05, 3.63) is 34.3 Å². The van der Waals surface area contributed by atoms with Crippen LogP contribution in [0.25, 0.3) is 0 Å². The zero-order chi connectivity index (χ0) is 13.1. The molecule has 2 atom stereocenters. The Morgan fingerprint density at radius 2 is 2.06 bits per heavy atom. The molecule has 2 unspecified atom stereocenters. The van der Waals surface area contributed by atoms with Gasteiger partial charge in [-0.15, -0.1) is 11.6 Å². The molecule has 2 nitrogen and oxygen atoms in total. The van der Waals surface area contributed by atoms with E-state index in [1.165, 1.54) is 0 Å². The highest BCUT2D eigenvalue weighted by Gasteiger charge is 2.25. The van der Waals surface area contributed by atoms with Gasteiger partial charge >= 0.3 is 0 Å². The number of nitrogens with one attached hydrogen (secondary N) is 1. The SMILES string of the molecule is Cc1ccc(C(=O)NC2CCCCC2Cl)c(Cl)c1. The number of benzene rings is 1. The highest BCUT2D eigenvalue weighted by atomic mass is 35.5. The van der Waals surface area contributed by atoms with E-state index in [-0.39, 0.29) is 17.3 Å². The number of hydrogen-bond donors (Lipinski definition) is 1. The largest absolute Gasteiger partial charge is 0.348 e. The number of rotatable bonds is 2. The Morgan fingerprint density at radius 1 is 1.33 bits per heavy atom. The first-order chi connectivity index (χ1) is 8.58. The number of carbonyl (C=O) groups excluding carboxylic acids is 1. The Bertz CT molecular complexity index is 447. The van der Waals surface area contributed by atoms with Gasteiger partial charge in [0.15, 0.2) is 0 Å². The molecule has 0 aliphatic heterocycles. The highest BCUT2D eigenvalue weighted by Crippen LogP contribution is 2.24. The number of halogens is 2. The second-order valence-electron chi connectivity index (χ2n) is 4.86. The van der Waals surface area contributed by atoms with Crippen molar-refractivity contribution in [3.63, 3.8) is 0 Å². The molecule has 1 aromatic rings. The van der Waals surface area contributed by atoms with E-state index in [9.17, 15) is 4.79 Å². The zero-order valence-corrected chi connectivity index (χ0v) is 11.9. The van der Waals surface area contributed by atoms with Gasteiger partial charge in [0.2, 0.25) is 0 Å². The molecular formula is C14H17Cl2NO. The fourth-order valence-corrected chi connectivity index (χ4v) is 2.96. The molecule has 2 rings (SSSR count). The average molecular weight is 286 g/mol. The van der Waals surface area contributed by atoms with Crippen LogP contribution in [0, 0.1) is 6.92 Å². The average Bonchev–Trinajstić information content (AvgIpc) is 2.32. The lowest BCUT2D eigenvalue weighted by atomic mass is 9.94. The highest BCUT2D eigenvalue weighted by molar-refractivity contribution is 6.34. The van der Waals surface area contributed by atoms with Crippen molar-refractivity contribution in [1.82, 2.24) is 5.32 Å². The lowest BCUT2D eigenvalue weighted by Crippen LogP contribution is -2.42. The molecular weight excluding hydrogens is 269 g/mol. The lowest BCUT2D eigenvalue weighted by molar-refractivity contribution is 0.0929. The molecule has 0 bridgehead atoms. The summed E-state index contributed by atoms with van der Waals surface area (Å²) in [5.74, 6) is -0.127. The Hall–Kier alpha value is -0.730. The number of aryl methyl sites for hydroxylation is 1. The smallest absolute Gasteiger partial charge is 0.253 e. The van der Waals surface area contributed by atoms with E-state index in [0.29, 0.717) is 10.6 Å². The van der Waals surface area contributed by atoms with Gasteiger partial charge in [-0.3, -0.25) is 4.79 Å². The van der Waals surface area contributed by atoms with Crippen LogP contribution < -0.4 is 5.32 Å². The molecule has 0 heterocycles. The van der Waals surface area contributed by atoms with Crippen molar-refractivity contribution >= 4 is 29.1 Å². The predicted molar refractivity (Wildman–Crippen MR) is 75.6 cm³/mol. The van der Waals surface area contributed by atoms with Crippen LogP contribution in [0.2, 0.25) is 5.02 Å². The minimum Gasteiger partial charge on any atom is -0.348 e. The van der Waals surface area contributed by atoms with Crippen LogP contribution >= 0.6 is 23.2 Å². The maximum Gasteiger partial charge on any atom is 0.253 e. The van der Waals surface area contributed by atoms with Crippen LogP contribution in [0.3, 0.4) is 0 Å². The normalized spacial score (nSPS) is 23.7. The van der Waals surface area contributed by atoms with E-state index >= 15 is 0 Å². The molecule has 1 N–H and O–H groups in total. The molecule has 1 saturated carbocycles. The molecule has 0 aromatic heterocycles. The first-order valence-electron chi connectivity index (χ1n) is 6.29. The van der Waals surface area contributed by atoms with Crippen molar-refractivity contribution in [2.24, 2.45) is 0 Å². The molecule has 4 heteroatoms. The Balaban J connectivity index is 2.07. The first kappa shape index (κ1) is 13.7. The third kappa shape index (κ3) is 3.18. The molecule has 0 radical (unpaired) electrons. The fourth-order valence-electron chi connectivity index (χ4n) is 2.30. The molecule has 0 saturated heterocycles. The van der Waals surface area contributed by atoms with Crippen LogP contribution in [0.1, 0.15) is 41.6 Å². The Labute approximate surface area is 118 Å². The molecule has 1 aliphatic rings. The minimum absolute atomic E-state index is 0.0342. The summed E-state index contributed by atoms with van der Waals surface area (Å²) in [5, 5.41) is 3.52. The number of alkyl halides is 1. The standard InChI is InChI=1S/C14H17Cl2NO/c1-9-6-7-10(12(16)8-9)14(18)17-13-5-3-2-4-11(13)15/h6-8,11,13H,2-5H2,1H3,(H,17,18). The van der Waals surface area contributed by atoms with Gasteiger partial charge in [-0.2, -0.15) is 0 Å². The monoisotopic (exact) mass is 285 g/mol. The van der Waals surface area contributed by atoms with Crippen LogP contribution in [0.4, 0.5) is 0 Å². The quantitative estimate of drug-likeness (QED) is 0.820. The summed E-state index contributed by atoms with van der Waals surface area (Å²) in [6, 6.07) is 5.51. The summed E-state index contributed by atoms with van der Waals surface area (Å²) in [5.41, 5.74) is 1.57. The van der Waals surface area contributed by atoms with Crippen molar-refractivity contribution in [2.45, 2.75) is 44.0 Å². The van der Waals surface area contributed by atoms with Gasteiger partial charge in [-0.1, -0.05) is 30.5 Å². The third-order valence-electron chi connectivity index (χ3n) is 3.37. The Kier molecular flexibility index (Phi) is 4.52. The molecule has 0 spiro atoms. The summed E-state index contributed by atoms with van der Waals surface area (Å²) >= 11 is 12.3. The molecule has 1 aliphatic carbocycles. The maximum atomic E-state index is 12.1. The fraction of sp³-hybridized carbons (Fsp3) is 0.500. The first-order valence-corrected chi connectivity index (χ1v) is 7.10. The van der Waals surface area contributed by atoms with Gasteiger partial charge in [0.1, 0.15) is 0 Å². The zero-order valence-electron chi connectivity index (χ0n) is 10.4. The van der Waals surface area contributed by atoms with E-state index in [2.05, 4.69) is 5.32 Å². The molecule has 1 aromatic carbocycles. The van der Waals surface area contributed by atoms with Gasteiger partial charge in [-0.25, -0.2) is 0 Å². The van der Waals surface area contributed by atoms with Gasteiger partial charge in [-0.05, 0) is 37.5 Å². The maximum absolute atomic E-state index is 12.1. The van der Waals surface area contributed by atoms with E-state index in [0.717, 1.165) is 31.2 Å². The Morgan fingerprint density at radius 3 is 2.72 bits per heavy atom. The van der Waals surface area contributed by atoms with Gasteiger partial charge in [0.05, 0.1) is 16.0 Å². The molecule has 18 heavy (non-hydrogen) atoms. The summed E-state index contributed by atoms with van der Waals surface area (Å²) in [7, 11) is 0. The molecule has 1 amide bonds. The van der Waals surface area contributed by atoms with Crippen LogP contribution in [-0.2, 0) is 0 Å². The van der Waals surface area contributed by atoms with Crippen LogP contribution in [0.5, 0.6) is 0 Å². The van der Waals surface area contributed by atoms with E-state index in [1.807, 2.05) is 13.0 Å². The second-order valence-corrected chi connectivity index (χ2v) is 5.83. The summed E-state index contributed by atoms with van der Waals surface area (Å²) in [6.07, 6.45) is 4.18. The van der Waals surface area contributed by atoms with Gasteiger partial charge in [0, 0.05) is 6.04 Å². The van der Waals surface area contributed by atoms with E-state index in [1.54, 1.807) is 12.1 Å². The number of amides is 1. The van der Waals surface area contributed by atoms with Crippen molar-refractivity contribution in [2.75, 3.05) is 0 Å². The van der Waals surface area contributed by atoms with E-state index in [4.69, 9.17) is 23.2 Å². The number of carbonyl (C=O) groups is 1. The summed E-state index contributed by atoms with van der Waals surface area (Å²) in [6.45, 7) is 1.95. The second kappa shape index (κ2) is 5.94. The molecule has 1 fully saturated rings.